The van der Waals surface area contributed by atoms with Gasteiger partial charge in [-0.1, -0.05) is 74.5 Å². The van der Waals surface area contributed by atoms with Crippen LogP contribution in [-0.4, -0.2) is 58.5 Å². The van der Waals surface area contributed by atoms with Gasteiger partial charge in [-0.2, -0.15) is 0 Å². The summed E-state index contributed by atoms with van der Waals surface area (Å²) < 4.78 is 5.48. The average molecular weight is 516 g/mol. The highest BCUT2D eigenvalue weighted by molar-refractivity contribution is 6.02. The van der Waals surface area contributed by atoms with E-state index < -0.39 is 18.0 Å². The molecule has 1 unspecified atom stereocenters. The van der Waals surface area contributed by atoms with Crippen molar-refractivity contribution < 1.29 is 23.9 Å². The third-order valence-electron chi connectivity index (χ3n) is 6.62. The van der Waals surface area contributed by atoms with E-state index in [0.717, 1.165) is 5.56 Å². The summed E-state index contributed by atoms with van der Waals surface area (Å²) in [6.07, 6.45) is 4.30. The Hall–Kier alpha value is -4.20. The summed E-state index contributed by atoms with van der Waals surface area (Å²) >= 11 is 0. The molecule has 2 aromatic carbocycles. The number of hydrogen-bond donors (Lipinski definition) is 1. The third kappa shape index (κ3) is 6.02. The Morgan fingerprint density at radius 2 is 1.68 bits per heavy atom. The number of rotatable bonds is 9. The number of Topliss-reactive ketones (excluding diaryl/α,β-unsaturated/α-hetero) is 1. The van der Waals surface area contributed by atoms with Crippen LogP contribution in [0.3, 0.4) is 0 Å². The van der Waals surface area contributed by atoms with E-state index in [2.05, 4.69) is 5.32 Å². The highest BCUT2D eigenvalue weighted by Gasteiger charge is 2.40. The molecule has 8 heteroatoms. The third-order valence-corrected chi connectivity index (χ3v) is 6.62. The van der Waals surface area contributed by atoms with Crippen molar-refractivity contribution in [2.24, 2.45) is 5.92 Å². The van der Waals surface area contributed by atoms with E-state index in [1.165, 1.54) is 16.7 Å². The summed E-state index contributed by atoms with van der Waals surface area (Å²) in [6.45, 7) is 5.28. The van der Waals surface area contributed by atoms with E-state index in [-0.39, 0.29) is 42.2 Å². The predicted molar refractivity (Wildman–Crippen MR) is 143 cm³/mol. The largest absolute Gasteiger partial charge is 0.490 e. The number of hydrogen-bond acceptors (Lipinski definition) is 5. The second-order valence-electron chi connectivity index (χ2n) is 9.80. The number of carbonyl (C=O) groups excluding carboxylic acids is 4. The lowest BCUT2D eigenvalue weighted by atomic mass is 9.97. The van der Waals surface area contributed by atoms with Crippen molar-refractivity contribution in [2.45, 2.75) is 45.7 Å². The van der Waals surface area contributed by atoms with Gasteiger partial charge in [0.15, 0.2) is 5.76 Å². The molecule has 0 spiro atoms. The van der Waals surface area contributed by atoms with Crippen LogP contribution in [0.5, 0.6) is 0 Å². The molecule has 4 rings (SSSR count). The van der Waals surface area contributed by atoms with E-state index in [1.54, 1.807) is 12.3 Å². The Morgan fingerprint density at radius 3 is 2.26 bits per heavy atom. The van der Waals surface area contributed by atoms with Gasteiger partial charge in [0.1, 0.15) is 12.6 Å². The first-order valence-electron chi connectivity index (χ1n) is 12.8. The van der Waals surface area contributed by atoms with Gasteiger partial charge in [0.25, 0.3) is 5.91 Å². The van der Waals surface area contributed by atoms with Gasteiger partial charge in [0.05, 0.1) is 18.3 Å². The molecular weight excluding hydrogens is 482 g/mol. The van der Waals surface area contributed by atoms with Crippen LogP contribution in [0.15, 0.2) is 78.7 Å². The predicted octanol–water partition coefficient (Wildman–Crippen LogP) is 3.30. The van der Waals surface area contributed by atoms with Gasteiger partial charge in [-0.05, 0) is 23.1 Å². The maximum Gasteiger partial charge on any atom is 0.250 e. The minimum atomic E-state index is -0.854. The smallest absolute Gasteiger partial charge is 0.250 e. The first-order valence-corrected chi connectivity index (χ1v) is 12.8. The summed E-state index contributed by atoms with van der Waals surface area (Å²) in [6, 6.07) is 17.0. The van der Waals surface area contributed by atoms with Crippen LogP contribution in [0, 0.1) is 5.92 Å². The summed E-state index contributed by atoms with van der Waals surface area (Å²) in [5, 5.41) is 2.85. The molecule has 0 aromatic heterocycles. The molecule has 2 atom stereocenters. The Balaban J connectivity index is 1.62. The van der Waals surface area contributed by atoms with Crippen LogP contribution in [-0.2, 0) is 30.3 Å². The standard InChI is InChI=1S/C30H33N3O5/c1-20(2)28-30(37)33(25(18-32(28)21(3)34)23-13-8-5-9-14-23)19-27(35)31-24(17-22-11-6-4-7-12-22)29(36)26-15-10-16-38-26/h4-9,11-15,18,20,24,28H,10,16-17,19H2,1-3H3,(H,31,35)/t24-,28?/m0/s1. The molecule has 0 radical (unpaired) electrons. The van der Waals surface area contributed by atoms with Gasteiger partial charge in [-0.15, -0.1) is 0 Å². The van der Waals surface area contributed by atoms with Crippen molar-refractivity contribution in [1.82, 2.24) is 15.1 Å². The van der Waals surface area contributed by atoms with Gasteiger partial charge in [0, 0.05) is 26.0 Å². The fourth-order valence-corrected chi connectivity index (χ4v) is 4.78. The summed E-state index contributed by atoms with van der Waals surface area (Å²) in [4.78, 5) is 55.7. The van der Waals surface area contributed by atoms with Crippen LogP contribution in [0.1, 0.15) is 38.3 Å². The summed E-state index contributed by atoms with van der Waals surface area (Å²) in [5.41, 5.74) is 2.04. The lowest BCUT2D eigenvalue weighted by molar-refractivity contribution is -0.145. The van der Waals surface area contributed by atoms with Crippen LogP contribution in [0.25, 0.3) is 5.70 Å². The van der Waals surface area contributed by atoms with Gasteiger partial charge < -0.3 is 15.0 Å². The molecule has 38 heavy (non-hydrogen) atoms. The zero-order valence-corrected chi connectivity index (χ0v) is 21.9. The number of amides is 3. The first-order chi connectivity index (χ1) is 18.3. The Bertz CT molecular complexity index is 1250. The van der Waals surface area contributed by atoms with E-state index in [4.69, 9.17) is 4.74 Å². The maximum atomic E-state index is 13.7. The Morgan fingerprint density at radius 1 is 1.03 bits per heavy atom. The summed E-state index contributed by atoms with van der Waals surface area (Å²) in [7, 11) is 0. The fraction of sp³-hybridized carbons (Fsp3) is 0.333. The molecule has 0 saturated carbocycles. The van der Waals surface area contributed by atoms with Crippen molar-refractivity contribution in [3.63, 3.8) is 0 Å². The first kappa shape index (κ1) is 26.9. The van der Waals surface area contributed by atoms with E-state index in [9.17, 15) is 19.2 Å². The number of nitrogens with one attached hydrogen (secondary N) is 1. The molecular formula is C30H33N3O5. The van der Waals surface area contributed by atoms with Gasteiger partial charge in [-0.3, -0.25) is 24.1 Å². The lowest BCUT2D eigenvalue weighted by Gasteiger charge is -2.40. The van der Waals surface area contributed by atoms with E-state index in [0.29, 0.717) is 24.3 Å². The molecule has 0 fully saturated rings. The number of ketones is 1. The fourth-order valence-electron chi connectivity index (χ4n) is 4.78. The molecule has 2 aliphatic rings. The second-order valence-corrected chi connectivity index (χ2v) is 9.80. The summed E-state index contributed by atoms with van der Waals surface area (Å²) in [5.74, 6) is -1.31. The molecule has 2 heterocycles. The zero-order chi connectivity index (χ0) is 27.2. The van der Waals surface area contributed by atoms with Crippen LogP contribution >= 0.6 is 0 Å². The lowest BCUT2D eigenvalue weighted by Crippen LogP contribution is -2.56. The van der Waals surface area contributed by atoms with Gasteiger partial charge >= 0.3 is 0 Å². The molecule has 1 N–H and O–H groups in total. The number of nitrogens with zero attached hydrogens (tertiary/aromatic N) is 2. The van der Waals surface area contributed by atoms with Crippen molar-refractivity contribution in [1.29, 1.82) is 0 Å². The molecule has 0 aliphatic carbocycles. The monoisotopic (exact) mass is 515 g/mol. The highest BCUT2D eigenvalue weighted by Crippen LogP contribution is 2.30. The van der Waals surface area contributed by atoms with Crippen LogP contribution < -0.4 is 5.32 Å². The van der Waals surface area contributed by atoms with Crippen molar-refractivity contribution in [3.05, 3.63) is 89.8 Å². The number of carbonyl (C=O) groups is 4. The normalized spacial score (nSPS) is 18.0. The molecule has 3 amide bonds. The number of benzene rings is 2. The minimum Gasteiger partial charge on any atom is -0.490 e. The van der Waals surface area contributed by atoms with E-state index >= 15 is 0 Å². The van der Waals surface area contributed by atoms with Crippen molar-refractivity contribution in [3.8, 4) is 0 Å². The van der Waals surface area contributed by atoms with E-state index in [1.807, 2.05) is 74.5 Å². The van der Waals surface area contributed by atoms with Crippen molar-refractivity contribution in [2.75, 3.05) is 13.2 Å². The second kappa shape index (κ2) is 11.9. The SMILES string of the molecule is CC(=O)N1C=C(c2ccccc2)N(CC(=O)N[C@@H](Cc2ccccc2)C(=O)C2=CCCO2)C(=O)C1C(C)C. The maximum absolute atomic E-state index is 13.7. The zero-order valence-electron chi connectivity index (χ0n) is 21.9. The highest BCUT2D eigenvalue weighted by atomic mass is 16.5. The number of ether oxygens (including phenoxy) is 1. The average Bonchev–Trinajstić information content (AvgIpc) is 3.44. The molecule has 8 nitrogen and oxygen atoms in total. The van der Waals surface area contributed by atoms with Crippen LogP contribution in [0.2, 0.25) is 0 Å². The molecule has 2 aliphatic heterocycles. The van der Waals surface area contributed by atoms with Crippen molar-refractivity contribution >= 4 is 29.2 Å². The molecule has 0 bridgehead atoms. The minimum absolute atomic E-state index is 0.176. The molecule has 0 saturated heterocycles. The quantitative estimate of drug-likeness (QED) is 0.553. The van der Waals surface area contributed by atoms with Gasteiger partial charge in [-0.25, -0.2) is 0 Å². The topological polar surface area (TPSA) is 96.0 Å². The molecule has 2 aromatic rings. The van der Waals surface area contributed by atoms with Crippen LogP contribution in [0.4, 0.5) is 0 Å². The molecule has 198 valence electrons. The van der Waals surface area contributed by atoms with Gasteiger partial charge in [0.2, 0.25) is 17.6 Å². The Labute approximate surface area is 222 Å². The Kier molecular flexibility index (Phi) is 8.41.